The summed E-state index contributed by atoms with van der Waals surface area (Å²) >= 11 is 1.73. The van der Waals surface area contributed by atoms with E-state index in [0.717, 1.165) is 18.7 Å². The van der Waals surface area contributed by atoms with E-state index >= 15 is 0 Å². The molecule has 0 aliphatic heterocycles. The van der Waals surface area contributed by atoms with Crippen molar-refractivity contribution >= 4 is 11.3 Å². The van der Waals surface area contributed by atoms with Gasteiger partial charge in [-0.25, -0.2) is 0 Å². The molecule has 21 heavy (non-hydrogen) atoms. The Balaban J connectivity index is 2.12. The monoisotopic (exact) mass is 304 g/mol. The van der Waals surface area contributed by atoms with Crippen molar-refractivity contribution in [3.8, 4) is 5.75 Å². The van der Waals surface area contributed by atoms with Gasteiger partial charge < -0.3 is 10.5 Å². The Bertz CT molecular complexity index is 524. The van der Waals surface area contributed by atoms with Crippen LogP contribution in [0.1, 0.15) is 30.5 Å². The predicted octanol–water partition coefficient (Wildman–Crippen LogP) is 3.67. The molecule has 2 unspecified atom stereocenters. The van der Waals surface area contributed by atoms with E-state index in [0.29, 0.717) is 0 Å². The van der Waals surface area contributed by atoms with Crippen LogP contribution in [-0.4, -0.2) is 25.1 Å². The van der Waals surface area contributed by atoms with E-state index in [-0.39, 0.29) is 12.1 Å². The van der Waals surface area contributed by atoms with Crippen LogP contribution in [0.4, 0.5) is 0 Å². The number of benzene rings is 1. The average Bonchev–Trinajstić information content (AvgIpc) is 3.02. The molecule has 1 heterocycles. The summed E-state index contributed by atoms with van der Waals surface area (Å²) in [6.45, 7) is 3.02. The zero-order valence-corrected chi connectivity index (χ0v) is 13.8. The first kappa shape index (κ1) is 16.0. The third-order valence-electron chi connectivity index (χ3n) is 3.83. The lowest BCUT2D eigenvalue weighted by molar-refractivity contribution is 0.202. The van der Waals surface area contributed by atoms with Crippen molar-refractivity contribution in [3.63, 3.8) is 0 Å². The molecule has 0 spiro atoms. The van der Waals surface area contributed by atoms with Crippen LogP contribution >= 0.6 is 11.3 Å². The Hall–Kier alpha value is -1.36. The number of likely N-dealkylation sites (N-methyl/N-ethyl adjacent to an activating group) is 1. The van der Waals surface area contributed by atoms with Gasteiger partial charge in [-0.1, -0.05) is 19.1 Å². The fourth-order valence-electron chi connectivity index (χ4n) is 2.61. The van der Waals surface area contributed by atoms with Crippen LogP contribution in [-0.2, 0) is 6.54 Å². The summed E-state index contributed by atoms with van der Waals surface area (Å²) in [7, 11) is 3.83. The first-order valence-corrected chi connectivity index (χ1v) is 8.20. The van der Waals surface area contributed by atoms with E-state index in [1.807, 2.05) is 12.1 Å². The molecule has 114 valence electrons. The lowest BCUT2D eigenvalue weighted by Crippen LogP contribution is -2.38. The number of ether oxygens (including phenoxy) is 1. The molecule has 0 fully saturated rings. The van der Waals surface area contributed by atoms with E-state index in [2.05, 4.69) is 47.8 Å². The quantitative estimate of drug-likeness (QED) is 0.848. The molecule has 2 aromatic rings. The standard InChI is InChI=1S/C17H24N2OS/c1-4-16(18)17(14-9-10-21-12-14)19(2)11-13-5-7-15(20-3)8-6-13/h5-10,12,16-17H,4,11,18H2,1-3H3. The third kappa shape index (κ3) is 4.06. The first-order chi connectivity index (χ1) is 10.2. The van der Waals surface area contributed by atoms with Crippen LogP contribution in [0.15, 0.2) is 41.1 Å². The SMILES string of the molecule is CCC(N)C(c1ccsc1)N(C)Cc1ccc(OC)cc1. The summed E-state index contributed by atoms with van der Waals surface area (Å²) in [6.07, 6.45) is 0.966. The summed E-state index contributed by atoms with van der Waals surface area (Å²) in [5.41, 5.74) is 8.93. The molecular formula is C17H24N2OS. The molecule has 0 saturated carbocycles. The number of hydrogen-bond donors (Lipinski definition) is 1. The lowest BCUT2D eigenvalue weighted by atomic mass is 9.98. The van der Waals surface area contributed by atoms with E-state index in [9.17, 15) is 0 Å². The summed E-state index contributed by atoms with van der Waals surface area (Å²) in [5.74, 6) is 0.890. The van der Waals surface area contributed by atoms with Crippen LogP contribution in [0.2, 0.25) is 0 Å². The molecule has 0 amide bonds. The fourth-order valence-corrected chi connectivity index (χ4v) is 3.30. The van der Waals surface area contributed by atoms with E-state index in [4.69, 9.17) is 10.5 Å². The van der Waals surface area contributed by atoms with Gasteiger partial charge >= 0.3 is 0 Å². The number of methoxy groups -OCH3 is 1. The van der Waals surface area contributed by atoms with Gasteiger partial charge in [0.05, 0.1) is 13.2 Å². The Labute approximate surface area is 131 Å². The molecule has 0 aliphatic rings. The van der Waals surface area contributed by atoms with Crippen molar-refractivity contribution in [1.82, 2.24) is 4.90 Å². The van der Waals surface area contributed by atoms with Gasteiger partial charge in [-0.2, -0.15) is 11.3 Å². The zero-order valence-electron chi connectivity index (χ0n) is 13.0. The van der Waals surface area contributed by atoms with Crippen molar-refractivity contribution in [2.45, 2.75) is 32.0 Å². The Morgan fingerprint density at radius 2 is 1.95 bits per heavy atom. The molecule has 0 saturated heterocycles. The smallest absolute Gasteiger partial charge is 0.118 e. The average molecular weight is 304 g/mol. The normalized spacial score (nSPS) is 14.1. The van der Waals surface area contributed by atoms with Crippen molar-refractivity contribution in [2.24, 2.45) is 5.73 Å². The summed E-state index contributed by atoms with van der Waals surface area (Å²) in [5, 5.41) is 4.32. The molecule has 2 atom stereocenters. The number of nitrogens with zero attached hydrogens (tertiary/aromatic N) is 1. The second kappa shape index (κ2) is 7.59. The molecule has 0 bridgehead atoms. The summed E-state index contributed by atoms with van der Waals surface area (Å²) in [6, 6.07) is 10.8. The molecule has 0 radical (unpaired) electrons. The Morgan fingerprint density at radius 1 is 1.24 bits per heavy atom. The third-order valence-corrected chi connectivity index (χ3v) is 4.53. The van der Waals surface area contributed by atoms with Crippen LogP contribution in [0.25, 0.3) is 0 Å². The molecule has 2 rings (SSSR count). The molecule has 0 aliphatic carbocycles. The Morgan fingerprint density at radius 3 is 2.48 bits per heavy atom. The number of rotatable bonds is 7. The Kier molecular flexibility index (Phi) is 5.79. The summed E-state index contributed by atoms with van der Waals surface area (Å²) < 4.78 is 5.20. The summed E-state index contributed by atoms with van der Waals surface area (Å²) in [4.78, 5) is 2.33. The van der Waals surface area contributed by atoms with Crippen molar-refractivity contribution in [3.05, 3.63) is 52.2 Å². The van der Waals surface area contributed by atoms with E-state index in [1.165, 1.54) is 11.1 Å². The van der Waals surface area contributed by atoms with Gasteiger partial charge in [0, 0.05) is 12.6 Å². The molecule has 2 N–H and O–H groups in total. The van der Waals surface area contributed by atoms with Gasteiger partial charge in [-0.15, -0.1) is 0 Å². The molecule has 1 aromatic heterocycles. The fraction of sp³-hybridized carbons (Fsp3) is 0.412. The van der Waals surface area contributed by atoms with Gasteiger partial charge in [0.25, 0.3) is 0 Å². The first-order valence-electron chi connectivity index (χ1n) is 7.26. The van der Waals surface area contributed by atoms with Gasteiger partial charge in [0.15, 0.2) is 0 Å². The highest BCUT2D eigenvalue weighted by Crippen LogP contribution is 2.27. The molecule has 4 heteroatoms. The van der Waals surface area contributed by atoms with Gasteiger partial charge in [0.1, 0.15) is 5.75 Å². The highest BCUT2D eigenvalue weighted by Gasteiger charge is 2.23. The minimum absolute atomic E-state index is 0.142. The largest absolute Gasteiger partial charge is 0.497 e. The predicted molar refractivity (Wildman–Crippen MR) is 89.8 cm³/mol. The van der Waals surface area contributed by atoms with Crippen LogP contribution in [0, 0.1) is 0 Å². The highest BCUT2D eigenvalue weighted by molar-refractivity contribution is 7.07. The second-order valence-corrected chi connectivity index (χ2v) is 6.12. The minimum atomic E-state index is 0.142. The van der Waals surface area contributed by atoms with Crippen molar-refractivity contribution in [1.29, 1.82) is 0 Å². The topological polar surface area (TPSA) is 38.5 Å². The van der Waals surface area contributed by atoms with Crippen LogP contribution in [0.3, 0.4) is 0 Å². The van der Waals surface area contributed by atoms with Crippen molar-refractivity contribution in [2.75, 3.05) is 14.2 Å². The second-order valence-electron chi connectivity index (χ2n) is 5.34. The maximum Gasteiger partial charge on any atom is 0.118 e. The highest BCUT2D eigenvalue weighted by atomic mass is 32.1. The van der Waals surface area contributed by atoms with Gasteiger partial charge in [-0.3, -0.25) is 4.90 Å². The number of nitrogens with two attached hydrogens (primary N) is 1. The van der Waals surface area contributed by atoms with Gasteiger partial charge in [0.2, 0.25) is 0 Å². The van der Waals surface area contributed by atoms with E-state index in [1.54, 1.807) is 18.4 Å². The van der Waals surface area contributed by atoms with Crippen molar-refractivity contribution < 1.29 is 4.74 Å². The lowest BCUT2D eigenvalue weighted by Gasteiger charge is -2.32. The number of thiophene rings is 1. The van der Waals surface area contributed by atoms with Gasteiger partial charge in [-0.05, 0) is 53.6 Å². The number of hydrogen-bond acceptors (Lipinski definition) is 4. The van der Waals surface area contributed by atoms with Crippen LogP contribution < -0.4 is 10.5 Å². The minimum Gasteiger partial charge on any atom is -0.497 e. The molecular weight excluding hydrogens is 280 g/mol. The molecule has 3 nitrogen and oxygen atoms in total. The maximum atomic E-state index is 6.35. The van der Waals surface area contributed by atoms with E-state index < -0.39 is 0 Å². The molecule has 1 aromatic carbocycles. The zero-order chi connectivity index (χ0) is 15.2. The van der Waals surface area contributed by atoms with Crippen LogP contribution in [0.5, 0.6) is 5.75 Å². The maximum absolute atomic E-state index is 6.35.